The van der Waals surface area contributed by atoms with Gasteiger partial charge in [-0.05, 0) is 67.6 Å². The lowest BCUT2D eigenvalue weighted by Crippen LogP contribution is -2.41. The number of benzene rings is 3. The van der Waals surface area contributed by atoms with Crippen LogP contribution in [-0.2, 0) is 14.8 Å². The minimum atomic E-state index is -4.04. The first-order valence-corrected chi connectivity index (χ1v) is 12.6. The third-order valence-electron chi connectivity index (χ3n) is 4.67. The van der Waals surface area contributed by atoms with Gasteiger partial charge in [0.1, 0.15) is 12.4 Å². The van der Waals surface area contributed by atoms with Gasteiger partial charge in [0.15, 0.2) is 0 Å². The highest BCUT2D eigenvalue weighted by Gasteiger charge is 2.27. The maximum absolute atomic E-state index is 13.3. The smallest absolute Gasteiger partial charge is 0.264 e. The zero-order valence-corrected chi connectivity index (χ0v) is 19.3. The van der Waals surface area contributed by atoms with Gasteiger partial charge in [-0.15, -0.1) is 11.8 Å². The molecule has 168 valence electrons. The van der Waals surface area contributed by atoms with Crippen molar-refractivity contribution < 1.29 is 17.6 Å². The second-order valence-electron chi connectivity index (χ2n) is 7.17. The molecule has 0 unspecified atom stereocenters. The molecule has 0 aliphatic heterocycles. The average molecular weight is 473 g/mol. The minimum absolute atomic E-state index is 0.0787. The van der Waals surface area contributed by atoms with Crippen molar-refractivity contribution in [3.05, 3.63) is 90.2 Å². The van der Waals surface area contributed by atoms with Crippen molar-refractivity contribution in [1.29, 1.82) is 0 Å². The Morgan fingerprint density at radius 1 is 0.969 bits per heavy atom. The van der Waals surface area contributed by atoms with Gasteiger partial charge in [0.25, 0.3) is 10.0 Å². The van der Waals surface area contributed by atoms with Crippen LogP contribution in [0.5, 0.6) is 0 Å². The third-order valence-corrected chi connectivity index (χ3v) is 7.55. The van der Waals surface area contributed by atoms with Crippen molar-refractivity contribution in [1.82, 2.24) is 5.32 Å². The third kappa shape index (κ3) is 6.58. The summed E-state index contributed by atoms with van der Waals surface area (Å²) in [4.78, 5) is 13.6. The molecule has 1 N–H and O–H groups in total. The summed E-state index contributed by atoms with van der Waals surface area (Å²) in [6.45, 7) is 2.12. The Morgan fingerprint density at radius 3 is 2.28 bits per heavy atom. The molecule has 0 aromatic heterocycles. The highest BCUT2D eigenvalue weighted by atomic mass is 32.2. The van der Waals surface area contributed by atoms with Gasteiger partial charge in [-0.2, -0.15) is 0 Å². The van der Waals surface area contributed by atoms with E-state index in [1.807, 2.05) is 6.92 Å². The number of nitrogens with one attached hydrogen (secondary N) is 1. The van der Waals surface area contributed by atoms with Crippen LogP contribution >= 0.6 is 11.8 Å². The molecule has 0 atom stereocenters. The fourth-order valence-corrected chi connectivity index (χ4v) is 5.23. The second-order valence-corrected chi connectivity index (χ2v) is 10.2. The van der Waals surface area contributed by atoms with Crippen LogP contribution < -0.4 is 9.62 Å². The molecule has 0 bridgehead atoms. The number of anilines is 1. The monoisotopic (exact) mass is 472 g/mol. The SMILES string of the molecule is Cc1ccc(SCCCNC(=O)CN(c2ccccc2)S(=O)(=O)c2ccc(F)cc2)cc1. The molecular weight excluding hydrogens is 447 g/mol. The summed E-state index contributed by atoms with van der Waals surface area (Å²) < 4.78 is 40.6. The molecule has 3 rings (SSSR count). The van der Waals surface area contributed by atoms with Crippen molar-refractivity contribution in [2.24, 2.45) is 0 Å². The van der Waals surface area contributed by atoms with Crippen LogP contribution in [0.3, 0.4) is 0 Å². The van der Waals surface area contributed by atoms with Crippen LogP contribution in [0.2, 0.25) is 0 Å². The number of nitrogens with zero attached hydrogens (tertiary/aromatic N) is 1. The number of thioether (sulfide) groups is 1. The summed E-state index contributed by atoms with van der Waals surface area (Å²) in [5.74, 6) is -0.101. The van der Waals surface area contributed by atoms with Gasteiger partial charge < -0.3 is 5.32 Å². The van der Waals surface area contributed by atoms with Gasteiger partial charge >= 0.3 is 0 Å². The van der Waals surface area contributed by atoms with Crippen molar-refractivity contribution in [2.45, 2.75) is 23.1 Å². The number of hydrogen-bond acceptors (Lipinski definition) is 4. The summed E-state index contributed by atoms with van der Waals surface area (Å²) in [5, 5.41) is 2.79. The molecule has 1 amide bonds. The second kappa shape index (κ2) is 11.2. The van der Waals surface area contributed by atoms with Gasteiger partial charge in [0.05, 0.1) is 10.6 Å². The molecule has 0 spiro atoms. The summed E-state index contributed by atoms with van der Waals surface area (Å²) in [6, 6.07) is 21.2. The van der Waals surface area contributed by atoms with E-state index in [-0.39, 0.29) is 11.4 Å². The Bertz CT molecular complexity index is 1120. The molecule has 0 heterocycles. The van der Waals surface area contributed by atoms with Crippen LogP contribution in [-0.4, -0.2) is 33.2 Å². The number of hydrogen-bond donors (Lipinski definition) is 1. The van der Waals surface area contributed by atoms with Crippen LogP contribution in [0.4, 0.5) is 10.1 Å². The highest BCUT2D eigenvalue weighted by Crippen LogP contribution is 2.23. The van der Waals surface area contributed by atoms with E-state index in [1.54, 1.807) is 42.1 Å². The molecule has 0 radical (unpaired) electrons. The Morgan fingerprint density at radius 2 is 1.62 bits per heavy atom. The fourth-order valence-electron chi connectivity index (χ4n) is 2.95. The molecule has 0 saturated carbocycles. The van der Waals surface area contributed by atoms with Crippen LogP contribution in [0, 0.1) is 12.7 Å². The number of aryl methyl sites for hydroxylation is 1. The number of para-hydroxylation sites is 1. The number of halogens is 1. The van der Waals surface area contributed by atoms with Crippen molar-refractivity contribution in [2.75, 3.05) is 23.1 Å². The van der Waals surface area contributed by atoms with Crippen LogP contribution in [0.25, 0.3) is 0 Å². The molecule has 8 heteroatoms. The largest absolute Gasteiger partial charge is 0.354 e. The lowest BCUT2D eigenvalue weighted by atomic mass is 10.2. The maximum atomic E-state index is 13.3. The Kier molecular flexibility index (Phi) is 8.30. The van der Waals surface area contributed by atoms with Gasteiger partial charge in [0.2, 0.25) is 5.91 Å². The van der Waals surface area contributed by atoms with Gasteiger partial charge in [-0.25, -0.2) is 12.8 Å². The fraction of sp³-hybridized carbons (Fsp3) is 0.208. The quantitative estimate of drug-likeness (QED) is 0.345. The van der Waals surface area contributed by atoms with E-state index in [0.717, 1.165) is 28.6 Å². The summed E-state index contributed by atoms with van der Waals surface area (Å²) in [5.41, 5.74) is 1.57. The van der Waals surface area contributed by atoms with E-state index in [4.69, 9.17) is 0 Å². The first kappa shape index (κ1) is 23.8. The Labute approximate surface area is 192 Å². The highest BCUT2D eigenvalue weighted by molar-refractivity contribution is 7.99. The lowest BCUT2D eigenvalue weighted by molar-refractivity contribution is -0.119. The molecule has 0 aliphatic carbocycles. The Balaban J connectivity index is 1.60. The van der Waals surface area contributed by atoms with E-state index in [0.29, 0.717) is 12.2 Å². The molecule has 3 aromatic rings. The van der Waals surface area contributed by atoms with Crippen LogP contribution in [0.1, 0.15) is 12.0 Å². The zero-order valence-electron chi connectivity index (χ0n) is 17.7. The number of carbonyl (C=O) groups is 1. The first-order chi connectivity index (χ1) is 15.4. The van der Waals surface area contributed by atoms with E-state index in [1.165, 1.54) is 22.6 Å². The number of rotatable bonds is 10. The minimum Gasteiger partial charge on any atom is -0.354 e. The van der Waals surface area contributed by atoms with E-state index < -0.39 is 21.7 Å². The van der Waals surface area contributed by atoms with E-state index in [9.17, 15) is 17.6 Å². The number of amides is 1. The Hall–Kier alpha value is -2.84. The maximum Gasteiger partial charge on any atom is 0.264 e. The van der Waals surface area contributed by atoms with E-state index in [2.05, 4.69) is 29.6 Å². The average Bonchev–Trinajstić information content (AvgIpc) is 2.79. The summed E-state index contributed by atoms with van der Waals surface area (Å²) >= 11 is 1.71. The molecule has 5 nitrogen and oxygen atoms in total. The van der Waals surface area contributed by atoms with Crippen molar-refractivity contribution >= 4 is 33.4 Å². The predicted octanol–water partition coefficient (Wildman–Crippen LogP) is 4.63. The van der Waals surface area contributed by atoms with Gasteiger partial charge in [-0.3, -0.25) is 9.10 Å². The first-order valence-electron chi connectivity index (χ1n) is 10.2. The molecule has 0 saturated heterocycles. The molecule has 0 fully saturated rings. The molecule has 3 aromatic carbocycles. The molecular formula is C24H25FN2O3S2. The van der Waals surface area contributed by atoms with Crippen molar-refractivity contribution in [3.63, 3.8) is 0 Å². The normalized spacial score (nSPS) is 11.2. The summed E-state index contributed by atoms with van der Waals surface area (Å²) in [6.07, 6.45) is 0.750. The van der Waals surface area contributed by atoms with E-state index >= 15 is 0 Å². The number of carbonyl (C=O) groups excluding carboxylic acids is 1. The molecule has 32 heavy (non-hydrogen) atoms. The van der Waals surface area contributed by atoms with Crippen molar-refractivity contribution in [3.8, 4) is 0 Å². The predicted molar refractivity (Wildman–Crippen MR) is 127 cm³/mol. The lowest BCUT2D eigenvalue weighted by Gasteiger charge is -2.24. The number of sulfonamides is 1. The summed E-state index contributed by atoms with van der Waals surface area (Å²) in [7, 11) is -4.04. The molecule has 0 aliphatic rings. The zero-order chi connectivity index (χ0) is 23.0. The van der Waals surface area contributed by atoms with Crippen LogP contribution in [0.15, 0.2) is 88.7 Å². The van der Waals surface area contributed by atoms with Gasteiger partial charge in [0, 0.05) is 11.4 Å². The van der Waals surface area contributed by atoms with Gasteiger partial charge in [-0.1, -0.05) is 35.9 Å². The standard InChI is InChI=1S/C24H25FN2O3S2/c1-19-8-12-22(13-9-19)31-17-5-16-26-24(28)18-27(21-6-3-2-4-7-21)32(29,30)23-14-10-20(25)11-15-23/h2-4,6-15H,5,16-18H2,1H3,(H,26,28). The topological polar surface area (TPSA) is 66.5 Å².